The fourth-order valence-electron chi connectivity index (χ4n) is 8.44. The number of hydrogen-bond donors (Lipinski definition) is 0. The maximum atomic E-state index is 18.9. The van der Waals surface area contributed by atoms with E-state index in [-0.39, 0.29) is 15.9 Å². The standard InChI is InChI=1S/C30H27N3O13P4/c34-25-16-31-17-26(35)42-48(31,41-25,22-10-4-1-5-11-22)47(40,49(23-12-6-2-7-13-23)32(18-27(36)43-49)19-28(37)44-49)50(24-14-8-3-9-15-24)33(20-29(38)45-50)21-30(39)46-50/h1-15H,16-21H2. The van der Waals surface area contributed by atoms with E-state index >= 15 is 4.57 Å². The van der Waals surface area contributed by atoms with Crippen LogP contribution in [-0.4, -0.2) is 89.1 Å². The number of benzene rings is 3. The van der Waals surface area contributed by atoms with Gasteiger partial charge in [-0.1, -0.05) is 0 Å². The molecule has 0 amide bonds. The van der Waals surface area contributed by atoms with E-state index in [0.29, 0.717) is 0 Å². The van der Waals surface area contributed by atoms with E-state index in [4.69, 9.17) is 27.1 Å². The molecule has 6 saturated heterocycles. The van der Waals surface area contributed by atoms with Crippen LogP contribution in [0.5, 0.6) is 0 Å². The number of fused-ring (bicyclic) bond motifs is 3. The summed E-state index contributed by atoms with van der Waals surface area (Å²) in [6.07, 6.45) is -6.01. The van der Waals surface area contributed by atoms with Gasteiger partial charge < -0.3 is 0 Å². The predicted octanol–water partition coefficient (Wildman–Crippen LogP) is 2.21. The first-order chi connectivity index (χ1) is 23.9. The zero-order chi connectivity index (χ0) is 34.9. The molecule has 9 rings (SSSR count). The van der Waals surface area contributed by atoms with Gasteiger partial charge in [-0.25, -0.2) is 0 Å². The average Bonchev–Trinajstić information content (AvgIpc) is 3.87. The van der Waals surface area contributed by atoms with E-state index in [0.717, 1.165) is 0 Å². The molecule has 0 unspecified atom stereocenters. The zero-order valence-corrected chi connectivity index (χ0v) is 29.4. The Morgan fingerprint density at radius 1 is 0.380 bits per heavy atom. The molecule has 0 N–H and O–H groups in total. The van der Waals surface area contributed by atoms with Gasteiger partial charge in [-0.2, -0.15) is 0 Å². The molecule has 0 spiro atoms. The Morgan fingerprint density at radius 3 is 0.780 bits per heavy atom. The average molecular weight is 761 g/mol. The van der Waals surface area contributed by atoms with Gasteiger partial charge in [-0.05, 0) is 0 Å². The van der Waals surface area contributed by atoms with Crippen molar-refractivity contribution in [2.45, 2.75) is 0 Å². The second-order valence-corrected chi connectivity index (χ2v) is 37.3. The summed E-state index contributed by atoms with van der Waals surface area (Å²) in [5, 5.41) is -0.333. The van der Waals surface area contributed by atoms with Crippen molar-refractivity contribution in [3.05, 3.63) is 91.0 Å². The Balaban J connectivity index is 1.65. The fourth-order valence-corrected chi connectivity index (χ4v) is 69.1. The molecule has 0 saturated carbocycles. The summed E-state index contributed by atoms with van der Waals surface area (Å²) in [5.74, 6) is -5.92. The van der Waals surface area contributed by atoms with Crippen molar-refractivity contribution < 1.29 is 60.5 Å². The molecule has 260 valence electrons. The minimum absolute atomic E-state index is 0.111. The third kappa shape index (κ3) is 3.00. The van der Waals surface area contributed by atoms with Crippen LogP contribution in [0.4, 0.5) is 0 Å². The van der Waals surface area contributed by atoms with Crippen LogP contribution in [0.1, 0.15) is 0 Å². The zero-order valence-electron chi connectivity index (χ0n) is 25.8. The van der Waals surface area contributed by atoms with Crippen molar-refractivity contribution in [1.82, 2.24) is 14.0 Å². The van der Waals surface area contributed by atoms with E-state index in [1.807, 2.05) is 0 Å². The summed E-state index contributed by atoms with van der Waals surface area (Å²) in [6.45, 7) is -22.9. The Labute approximate surface area is 282 Å². The van der Waals surface area contributed by atoms with Crippen LogP contribution in [0, 0.1) is 0 Å². The predicted molar refractivity (Wildman–Crippen MR) is 178 cm³/mol. The fraction of sp³-hybridized carbons (Fsp3) is 0.200. The molecule has 6 fully saturated rings. The van der Waals surface area contributed by atoms with Crippen molar-refractivity contribution in [1.29, 1.82) is 0 Å². The molecular formula is C30H27N3O13P4. The second kappa shape index (κ2) is 9.60. The van der Waals surface area contributed by atoms with Crippen molar-refractivity contribution in [3.63, 3.8) is 0 Å². The topological polar surface area (TPSA) is 185 Å². The number of carbonyl (C=O) groups is 6. The molecule has 0 aromatic heterocycles. The van der Waals surface area contributed by atoms with Gasteiger partial charge >= 0.3 is 283 Å². The van der Waals surface area contributed by atoms with E-state index in [1.54, 1.807) is 18.2 Å². The summed E-state index contributed by atoms with van der Waals surface area (Å²) in [5.41, 5.74) is 0. The van der Waals surface area contributed by atoms with Crippen molar-refractivity contribution >= 4 is 78.6 Å². The van der Waals surface area contributed by atoms with E-state index < -0.39 is 102 Å². The molecule has 6 aliphatic heterocycles. The van der Waals surface area contributed by atoms with E-state index in [9.17, 15) is 28.8 Å². The van der Waals surface area contributed by atoms with Crippen LogP contribution in [0.15, 0.2) is 91.0 Å². The maximum absolute atomic E-state index is 18.9. The first-order valence-electron chi connectivity index (χ1n) is 15.3. The molecule has 6 heterocycles. The molecule has 3 aromatic rings. The van der Waals surface area contributed by atoms with Gasteiger partial charge in [0.25, 0.3) is 0 Å². The molecule has 0 aliphatic carbocycles. The van der Waals surface area contributed by atoms with Gasteiger partial charge in [0, 0.05) is 0 Å². The number of rotatable bonds is 6. The SMILES string of the molecule is O=C1CN2CC(=O)OP2(c2ccccc2)(P(=O)(P23(c4ccccc4)OC(=O)CN2CC(=O)O3)P23(c4ccccc4)OC(=O)CN2CC(=O)O3)O1. The Kier molecular flexibility index (Phi) is 6.11. The third-order valence-electron chi connectivity index (χ3n) is 9.94. The molecule has 0 radical (unpaired) electrons. The van der Waals surface area contributed by atoms with E-state index in [1.165, 1.54) is 86.8 Å². The third-order valence-corrected chi connectivity index (χ3v) is 54.4. The van der Waals surface area contributed by atoms with E-state index in [2.05, 4.69) is 0 Å². The number of carbonyl (C=O) groups excluding carboxylic acids is 6. The van der Waals surface area contributed by atoms with Crippen LogP contribution in [0.2, 0.25) is 0 Å². The second-order valence-electron chi connectivity index (χ2n) is 12.4. The van der Waals surface area contributed by atoms with Gasteiger partial charge in [0.2, 0.25) is 0 Å². The molecule has 0 atom stereocenters. The van der Waals surface area contributed by atoms with Crippen LogP contribution in [0.25, 0.3) is 0 Å². The molecule has 6 aliphatic rings. The van der Waals surface area contributed by atoms with Gasteiger partial charge in [-0.3, -0.25) is 0 Å². The minimum atomic E-state index is -6.30. The quantitative estimate of drug-likeness (QED) is 0.333. The Hall–Kier alpha value is -4.12. The van der Waals surface area contributed by atoms with Crippen LogP contribution < -0.4 is 15.9 Å². The summed E-state index contributed by atoms with van der Waals surface area (Å²) >= 11 is 0. The molecule has 50 heavy (non-hydrogen) atoms. The Morgan fingerprint density at radius 2 is 0.580 bits per heavy atom. The van der Waals surface area contributed by atoms with Gasteiger partial charge in [0.1, 0.15) is 0 Å². The number of hydrogen-bond acceptors (Lipinski definition) is 16. The van der Waals surface area contributed by atoms with Crippen molar-refractivity contribution in [3.8, 4) is 0 Å². The Bertz CT molecular complexity index is 1870. The first kappa shape index (κ1) is 31.8. The molecule has 16 nitrogen and oxygen atoms in total. The monoisotopic (exact) mass is 761 g/mol. The van der Waals surface area contributed by atoms with Crippen LogP contribution >= 0.6 is 26.9 Å². The van der Waals surface area contributed by atoms with Gasteiger partial charge in [-0.15, -0.1) is 0 Å². The summed E-state index contributed by atoms with van der Waals surface area (Å²) in [4.78, 5) is 83.8. The van der Waals surface area contributed by atoms with Gasteiger partial charge in [0.15, 0.2) is 0 Å². The molecule has 3 aromatic carbocycles. The summed E-state index contributed by atoms with van der Waals surface area (Å²) < 4.78 is 61.5. The van der Waals surface area contributed by atoms with Crippen molar-refractivity contribution in [2.24, 2.45) is 0 Å². The van der Waals surface area contributed by atoms with Crippen LogP contribution in [0.3, 0.4) is 0 Å². The molecule has 0 bridgehead atoms. The van der Waals surface area contributed by atoms with Gasteiger partial charge in [0.05, 0.1) is 0 Å². The number of nitrogens with zero attached hydrogens (tertiary/aromatic N) is 3. The summed E-state index contributed by atoms with van der Waals surface area (Å²) in [7, 11) is 0. The van der Waals surface area contributed by atoms with Crippen molar-refractivity contribution in [2.75, 3.05) is 39.3 Å². The molecular weight excluding hydrogens is 734 g/mol. The van der Waals surface area contributed by atoms with Crippen LogP contribution in [-0.2, 0) is 60.5 Å². The first-order valence-corrected chi connectivity index (χ1v) is 25.2. The normalized spacial score (nSPS) is 30.0. The summed E-state index contributed by atoms with van der Waals surface area (Å²) in [6, 6.07) is 22.5. The molecule has 20 heteroatoms.